The molecule has 0 spiro atoms. The van der Waals surface area contributed by atoms with Gasteiger partial charge in [-0.05, 0) is 24.7 Å². The van der Waals surface area contributed by atoms with Gasteiger partial charge in [0.1, 0.15) is 0 Å². The monoisotopic (exact) mass is 241 g/mol. The summed E-state index contributed by atoms with van der Waals surface area (Å²) < 4.78 is 5.32. The Morgan fingerprint density at radius 1 is 1.35 bits per heavy atom. The fraction of sp³-hybridized carbons (Fsp3) is 0.917. The molecule has 17 heavy (non-hydrogen) atoms. The third kappa shape index (κ3) is 2.76. The summed E-state index contributed by atoms with van der Waals surface area (Å²) in [6, 6.07) is 0. The SMILES string of the molecule is CC(=O)OC1(C[N+](=O)[O-])CC2CCCCC2C1. The Hall–Kier alpha value is -1.13. The molecule has 0 N–H and O–H groups in total. The van der Waals surface area contributed by atoms with Crippen LogP contribution in [0.15, 0.2) is 0 Å². The molecule has 0 amide bonds. The molecular weight excluding hydrogens is 222 g/mol. The molecule has 0 aromatic carbocycles. The first-order chi connectivity index (χ1) is 8.01. The van der Waals surface area contributed by atoms with Gasteiger partial charge in [-0.15, -0.1) is 0 Å². The van der Waals surface area contributed by atoms with Gasteiger partial charge in [-0.25, -0.2) is 0 Å². The summed E-state index contributed by atoms with van der Waals surface area (Å²) in [6.45, 7) is 1.10. The third-order valence-corrected chi connectivity index (χ3v) is 4.11. The molecule has 0 aliphatic heterocycles. The van der Waals surface area contributed by atoms with Crippen LogP contribution >= 0.6 is 0 Å². The highest BCUT2D eigenvalue weighted by Crippen LogP contribution is 2.48. The van der Waals surface area contributed by atoms with Crippen molar-refractivity contribution in [3.63, 3.8) is 0 Å². The standard InChI is InChI=1S/C12H19NO4/c1-9(14)17-12(8-13(15)16)6-10-4-2-3-5-11(10)7-12/h10-11H,2-8H2,1H3. The van der Waals surface area contributed by atoms with Crippen molar-refractivity contribution in [1.29, 1.82) is 0 Å². The minimum atomic E-state index is -0.824. The summed E-state index contributed by atoms with van der Waals surface area (Å²) >= 11 is 0. The van der Waals surface area contributed by atoms with Crippen molar-refractivity contribution < 1.29 is 14.5 Å². The summed E-state index contributed by atoms with van der Waals surface area (Å²) in [5, 5.41) is 10.8. The summed E-state index contributed by atoms with van der Waals surface area (Å²) in [7, 11) is 0. The molecule has 5 nitrogen and oxygen atoms in total. The number of fused-ring (bicyclic) bond motifs is 1. The van der Waals surface area contributed by atoms with E-state index in [-0.39, 0.29) is 11.5 Å². The van der Waals surface area contributed by atoms with Crippen LogP contribution < -0.4 is 0 Å². The molecule has 2 atom stereocenters. The van der Waals surface area contributed by atoms with E-state index in [0.717, 1.165) is 12.8 Å². The minimum absolute atomic E-state index is 0.237. The van der Waals surface area contributed by atoms with Gasteiger partial charge in [0.25, 0.3) is 0 Å². The molecule has 2 aliphatic carbocycles. The second kappa shape index (κ2) is 4.63. The Balaban J connectivity index is 2.11. The molecule has 2 saturated carbocycles. The molecule has 0 heterocycles. The molecule has 0 bridgehead atoms. The van der Waals surface area contributed by atoms with Gasteiger partial charge in [-0.1, -0.05) is 25.7 Å². The smallest absolute Gasteiger partial charge is 0.303 e. The maximum atomic E-state index is 11.1. The van der Waals surface area contributed by atoms with E-state index >= 15 is 0 Å². The van der Waals surface area contributed by atoms with Gasteiger partial charge >= 0.3 is 5.97 Å². The third-order valence-electron chi connectivity index (χ3n) is 4.11. The fourth-order valence-corrected chi connectivity index (χ4v) is 3.65. The van der Waals surface area contributed by atoms with Gasteiger partial charge in [-0.2, -0.15) is 0 Å². The number of nitro groups is 1. The number of carbonyl (C=O) groups is 1. The van der Waals surface area contributed by atoms with E-state index in [1.807, 2.05) is 0 Å². The number of hydrogen-bond donors (Lipinski definition) is 0. The molecule has 2 rings (SSSR count). The van der Waals surface area contributed by atoms with Gasteiger partial charge in [-0.3, -0.25) is 14.9 Å². The van der Waals surface area contributed by atoms with Crippen LogP contribution in [0.25, 0.3) is 0 Å². The quantitative estimate of drug-likeness (QED) is 0.431. The van der Waals surface area contributed by atoms with Crippen LogP contribution in [0.2, 0.25) is 0 Å². The molecule has 96 valence electrons. The summed E-state index contributed by atoms with van der Waals surface area (Å²) in [4.78, 5) is 21.6. The average molecular weight is 241 g/mol. The molecular formula is C12H19NO4. The first-order valence-corrected chi connectivity index (χ1v) is 6.32. The van der Waals surface area contributed by atoms with E-state index in [4.69, 9.17) is 4.74 Å². The molecule has 0 saturated heterocycles. The largest absolute Gasteiger partial charge is 0.452 e. The highest BCUT2D eigenvalue weighted by atomic mass is 16.6. The Labute approximate surface area is 101 Å². The lowest BCUT2D eigenvalue weighted by Crippen LogP contribution is -2.39. The number of esters is 1. The van der Waals surface area contributed by atoms with Gasteiger partial charge in [0.05, 0.1) is 0 Å². The number of rotatable bonds is 3. The lowest BCUT2D eigenvalue weighted by molar-refractivity contribution is -0.500. The van der Waals surface area contributed by atoms with E-state index in [0.29, 0.717) is 24.7 Å². The van der Waals surface area contributed by atoms with Crippen molar-refractivity contribution >= 4 is 5.97 Å². The van der Waals surface area contributed by atoms with E-state index in [2.05, 4.69) is 0 Å². The second-order valence-corrected chi connectivity index (χ2v) is 5.48. The lowest BCUT2D eigenvalue weighted by atomic mass is 9.82. The Morgan fingerprint density at radius 2 is 1.88 bits per heavy atom. The van der Waals surface area contributed by atoms with Crippen LogP contribution in [-0.4, -0.2) is 23.0 Å². The predicted octanol–water partition coefficient (Wildman–Crippen LogP) is 2.17. The van der Waals surface area contributed by atoms with Gasteiger partial charge in [0, 0.05) is 11.8 Å². The molecule has 0 aromatic heterocycles. The number of carbonyl (C=O) groups excluding carboxylic acids is 1. The number of ether oxygens (including phenoxy) is 1. The highest BCUT2D eigenvalue weighted by Gasteiger charge is 2.51. The molecule has 2 aliphatic rings. The predicted molar refractivity (Wildman–Crippen MR) is 61.0 cm³/mol. The first kappa shape index (κ1) is 12.3. The normalized spacial score (nSPS) is 36.3. The second-order valence-electron chi connectivity index (χ2n) is 5.48. The van der Waals surface area contributed by atoms with Gasteiger partial charge < -0.3 is 4.74 Å². The zero-order valence-electron chi connectivity index (χ0n) is 10.2. The molecule has 0 radical (unpaired) electrons. The maximum absolute atomic E-state index is 11.1. The van der Waals surface area contributed by atoms with E-state index < -0.39 is 11.6 Å². The van der Waals surface area contributed by atoms with Crippen molar-refractivity contribution in [3.05, 3.63) is 10.1 Å². The summed E-state index contributed by atoms with van der Waals surface area (Å²) in [6.07, 6.45) is 6.03. The van der Waals surface area contributed by atoms with Crippen molar-refractivity contribution in [2.24, 2.45) is 11.8 Å². The zero-order valence-corrected chi connectivity index (χ0v) is 10.2. The van der Waals surface area contributed by atoms with Gasteiger partial charge in [0.2, 0.25) is 6.54 Å². The number of hydrogen-bond acceptors (Lipinski definition) is 4. The highest BCUT2D eigenvalue weighted by molar-refractivity contribution is 5.66. The summed E-state index contributed by atoms with van der Waals surface area (Å²) in [5.74, 6) is 0.636. The number of nitrogens with zero attached hydrogens (tertiary/aromatic N) is 1. The maximum Gasteiger partial charge on any atom is 0.303 e. The average Bonchev–Trinajstić information content (AvgIpc) is 2.52. The van der Waals surface area contributed by atoms with Crippen LogP contribution in [0.5, 0.6) is 0 Å². The molecule has 2 fully saturated rings. The lowest BCUT2D eigenvalue weighted by Gasteiger charge is -2.24. The topological polar surface area (TPSA) is 69.4 Å². The minimum Gasteiger partial charge on any atom is -0.452 e. The molecule has 5 heteroatoms. The first-order valence-electron chi connectivity index (χ1n) is 6.32. The zero-order chi connectivity index (χ0) is 12.5. The fourth-order valence-electron chi connectivity index (χ4n) is 3.65. The van der Waals surface area contributed by atoms with E-state index in [9.17, 15) is 14.9 Å². The van der Waals surface area contributed by atoms with Crippen molar-refractivity contribution in [2.45, 2.75) is 51.0 Å². The van der Waals surface area contributed by atoms with Gasteiger partial charge in [0.15, 0.2) is 5.60 Å². The molecule has 2 unspecified atom stereocenters. The van der Waals surface area contributed by atoms with Crippen LogP contribution in [0, 0.1) is 22.0 Å². The van der Waals surface area contributed by atoms with Crippen LogP contribution in [0.3, 0.4) is 0 Å². The van der Waals surface area contributed by atoms with Crippen molar-refractivity contribution in [2.75, 3.05) is 6.54 Å². The van der Waals surface area contributed by atoms with E-state index in [1.165, 1.54) is 19.8 Å². The van der Waals surface area contributed by atoms with Crippen LogP contribution in [-0.2, 0) is 9.53 Å². The van der Waals surface area contributed by atoms with Crippen LogP contribution in [0.1, 0.15) is 45.4 Å². The van der Waals surface area contributed by atoms with Crippen molar-refractivity contribution in [3.8, 4) is 0 Å². The Kier molecular flexibility index (Phi) is 3.35. The molecule has 0 aromatic rings. The Bertz CT molecular complexity index is 296. The van der Waals surface area contributed by atoms with Crippen LogP contribution in [0.4, 0.5) is 0 Å². The van der Waals surface area contributed by atoms with E-state index in [1.54, 1.807) is 0 Å². The summed E-state index contributed by atoms with van der Waals surface area (Å²) in [5.41, 5.74) is -0.824. The van der Waals surface area contributed by atoms with Crippen molar-refractivity contribution in [1.82, 2.24) is 0 Å². The Morgan fingerprint density at radius 3 is 2.29 bits per heavy atom.